The van der Waals surface area contributed by atoms with Gasteiger partial charge in [0.1, 0.15) is 0 Å². The van der Waals surface area contributed by atoms with E-state index < -0.39 is 0 Å². The Hall–Kier alpha value is -0.700. The lowest BCUT2D eigenvalue weighted by atomic mass is 10.00. The summed E-state index contributed by atoms with van der Waals surface area (Å²) in [5.74, 6) is 0.163. The largest absolute Gasteiger partial charge is 0.504 e. The number of rotatable bonds is 1. The molecule has 0 fully saturated rings. The zero-order valence-corrected chi connectivity index (χ0v) is 9.51. The first-order chi connectivity index (χ1) is 5.95. The lowest BCUT2D eigenvalue weighted by molar-refractivity contribution is 0.394. The van der Waals surface area contributed by atoms with E-state index in [1.165, 1.54) is 0 Å². The quantitative estimate of drug-likeness (QED) is 0.745. The van der Waals surface area contributed by atoms with Crippen LogP contribution in [0.25, 0.3) is 0 Å². The summed E-state index contributed by atoms with van der Waals surface area (Å²) in [5, 5.41) is 19.1. The van der Waals surface area contributed by atoms with Crippen molar-refractivity contribution in [2.24, 2.45) is 0 Å². The maximum atomic E-state index is 9.60. The number of phenols is 2. The van der Waals surface area contributed by atoms with E-state index in [9.17, 15) is 10.2 Å². The molecule has 0 bridgehead atoms. The molecule has 1 aromatic carbocycles. The van der Waals surface area contributed by atoms with Crippen molar-refractivity contribution in [1.29, 1.82) is 0 Å². The van der Waals surface area contributed by atoms with Gasteiger partial charge in [-0.1, -0.05) is 29.8 Å². The van der Waals surface area contributed by atoms with E-state index in [0.717, 1.165) is 10.0 Å². The van der Waals surface area contributed by atoms with Crippen molar-refractivity contribution in [3.8, 4) is 11.5 Å². The summed E-state index contributed by atoms with van der Waals surface area (Å²) >= 11 is 3.33. The molecule has 3 heteroatoms. The van der Waals surface area contributed by atoms with Gasteiger partial charge in [0.25, 0.3) is 0 Å². The molecule has 0 amide bonds. The van der Waals surface area contributed by atoms with Crippen LogP contribution in [0.2, 0.25) is 0 Å². The summed E-state index contributed by atoms with van der Waals surface area (Å²) in [4.78, 5) is 0. The van der Waals surface area contributed by atoms with Crippen molar-refractivity contribution in [2.45, 2.75) is 26.7 Å². The second kappa shape index (κ2) is 3.58. The van der Waals surface area contributed by atoms with Crippen LogP contribution in [0.5, 0.6) is 11.5 Å². The maximum Gasteiger partial charge on any atom is 0.161 e. The Labute approximate surface area is 86.3 Å². The third-order valence-corrected chi connectivity index (χ3v) is 2.94. The van der Waals surface area contributed by atoms with Gasteiger partial charge in [0, 0.05) is 15.6 Å². The smallest absolute Gasteiger partial charge is 0.161 e. The Bertz CT molecular complexity index is 332. The van der Waals surface area contributed by atoms with Crippen molar-refractivity contribution in [2.75, 3.05) is 0 Å². The Morgan fingerprint density at radius 3 is 2.23 bits per heavy atom. The highest BCUT2D eigenvalue weighted by Gasteiger charge is 2.14. The molecule has 13 heavy (non-hydrogen) atoms. The summed E-state index contributed by atoms with van der Waals surface area (Å²) in [6, 6.07) is 1.84. The number of benzene rings is 1. The first kappa shape index (κ1) is 10.4. The minimum Gasteiger partial charge on any atom is -0.504 e. The van der Waals surface area contributed by atoms with Crippen LogP contribution in [-0.2, 0) is 0 Å². The molecule has 0 unspecified atom stereocenters. The maximum absolute atomic E-state index is 9.60. The van der Waals surface area contributed by atoms with E-state index in [2.05, 4.69) is 15.9 Å². The van der Waals surface area contributed by atoms with Gasteiger partial charge in [-0.3, -0.25) is 0 Å². The molecule has 0 aliphatic rings. The average Bonchev–Trinajstić information content (AvgIpc) is 2.07. The van der Waals surface area contributed by atoms with Crippen LogP contribution in [0.4, 0.5) is 0 Å². The lowest BCUT2D eigenvalue weighted by Crippen LogP contribution is -1.91. The fraction of sp³-hybridized carbons (Fsp3) is 0.400. The van der Waals surface area contributed by atoms with Crippen molar-refractivity contribution in [1.82, 2.24) is 0 Å². The standard InChI is InChI=1S/C10H13BrO2/c1-5(2)7-4-8(11)6(3)9(12)10(7)13/h4-5,12-13H,1-3H3. The summed E-state index contributed by atoms with van der Waals surface area (Å²) in [5.41, 5.74) is 1.43. The third-order valence-electron chi connectivity index (χ3n) is 2.12. The Balaban J connectivity index is 3.41. The van der Waals surface area contributed by atoms with Crippen LogP contribution in [0, 0.1) is 6.92 Å². The first-order valence-corrected chi connectivity index (χ1v) is 4.95. The highest BCUT2D eigenvalue weighted by Crippen LogP contribution is 2.40. The fourth-order valence-electron chi connectivity index (χ4n) is 1.18. The molecule has 0 heterocycles. The van der Waals surface area contributed by atoms with Gasteiger partial charge >= 0.3 is 0 Å². The van der Waals surface area contributed by atoms with Gasteiger partial charge in [0.05, 0.1) is 0 Å². The van der Waals surface area contributed by atoms with E-state index in [1.54, 1.807) is 6.92 Å². The molecule has 0 saturated carbocycles. The molecule has 0 saturated heterocycles. The number of phenolic OH excluding ortho intramolecular Hbond substituents is 2. The van der Waals surface area contributed by atoms with Gasteiger partial charge in [0.15, 0.2) is 11.5 Å². The second-order valence-corrected chi connectivity index (χ2v) is 4.28. The molecule has 0 atom stereocenters. The number of hydrogen-bond donors (Lipinski definition) is 2. The first-order valence-electron chi connectivity index (χ1n) is 4.16. The molecule has 0 aromatic heterocycles. The molecule has 1 aromatic rings. The highest BCUT2D eigenvalue weighted by atomic mass is 79.9. The van der Waals surface area contributed by atoms with Crippen molar-refractivity contribution < 1.29 is 10.2 Å². The minimum atomic E-state index is -0.0296. The number of hydrogen-bond acceptors (Lipinski definition) is 2. The monoisotopic (exact) mass is 244 g/mol. The summed E-state index contributed by atoms with van der Waals surface area (Å²) in [7, 11) is 0. The van der Waals surface area contributed by atoms with Crippen molar-refractivity contribution >= 4 is 15.9 Å². The van der Waals surface area contributed by atoms with Crippen LogP contribution in [0.3, 0.4) is 0 Å². The molecular weight excluding hydrogens is 232 g/mol. The van der Waals surface area contributed by atoms with Crippen molar-refractivity contribution in [3.63, 3.8) is 0 Å². The molecular formula is C10H13BrO2. The molecule has 0 spiro atoms. The van der Waals surface area contributed by atoms with E-state index in [1.807, 2.05) is 19.9 Å². The van der Waals surface area contributed by atoms with Gasteiger partial charge in [-0.15, -0.1) is 0 Å². The normalized spacial score (nSPS) is 10.8. The van der Waals surface area contributed by atoms with Crippen LogP contribution < -0.4 is 0 Å². The number of aromatic hydroxyl groups is 2. The van der Waals surface area contributed by atoms with Gasteiger partial charge < -0.3 is 10.2 Å². The molecule has 0 aliphatic carbocycles. The lowest BCUT2D eigenvalue weighted by Gasteiger charge is -2.12. The molecule has 0 aliphatic heterocycles. The topological polar surface area (TPSA) is 40.5 Å². The summed E-state index contributed by atoms with van der Waals surface area (Å²) < 4.78 is 0.825. The van der Waals surface area contributed by atoms with Crippen LogP contribution >= 0.6 is 15.9 Å². The van der Waals surface area contributed by atoms with Crippen LogP contribution in [0.1, 0.15) is 30.9 Å². The van der Waals surface area contributed by atoms with Crippen LogP contribution in [0.15, 0.2) is 10.5 Å². The number of halogens is 1. The SMILES string of the molecule is Cc1c(Br)cc(C(C)C)c(O)c1O. The highest BCUT2D eigenvalue weighted by molar-refractivity contribution is 9.10. The van der Waals surface area contributed by atoms with Gasteiger partial charge in [-0.25, -0.2) is 0 Å². The van der Waals surface area contributed by atoms with E-state index in [4.69, 9.17) is 0 Å². The average molecular weight is 245 g/mol. The fourth-order valence-corrected chi connectivity index (χ4v) is 1.62. The summed E-state index contributed by atoms with van der Waals surface area (Å²) in [6.45, 7) is 5.69. The van der Waals surface area contributed by atoms with E-state index in [-0.39, 0.29) is 17.4 Å². The van der Waals surface area contributed by atoms with Gasteiger partial charge in [-0.2, -0.15) is 0 Å². The van der Waals surface area contributed by atoms with Crippen LogP contribution in [-0.4, -0.2) is 10.2 Å². The minimum absolute atomic E-state index is 0.00398. The molecule has 2 N–H and O–H groups in total. The van der Waals surface area contributed by atoms with Crippen molar-refractivity contribution in [3.05, 3.63) is 21.7 Å². The third kappa shape index (κ3) is 1.80. The molecule has 1 rings (SSSR count). The zero-order chi connectivity index (χ0) is 10.2. The predicted molar refractivity (Wildman–Crippen MR) is 56.3 cm³/mol. The molecule has 0 radical (unpaired) electrons. The van der Waals surface area contributed by atoms with Gasteiger partial charge in [-0.05, 0) is 18.9 Å². The Morgan fingerprint density at radius 2 is 1.77 bits per heavy atom. The second-order valence-electron chi connectivity index (χ2n) is 3.42. The molecule has 2 nitrogen and oxygen atoms in total. The Kier molecular flexibility index (Phi) is 2.86. The zero-order valence-electron chi connectivity index (χ0n) is 7.93. The van der Waals surface area contributed by atoms with E-state index >= 15 is 0 Å². The molecule has 72 valence electrons. The van der Waals surface area contributed by atoms with Gasteiger partial charge in [0.2, 0.25) is 0 Å². The predicted octanol–water partition coefficient (Wildman–Crippen LogP) is 3.29. The van der Waals surface area contributed by atoms with E-state index in [0.29, 0.717) is 5.56 Å². The summed E-state index contributed by atoms with van der Waals surface area (Å²) in [6.07, 6.45) is 0. The Morgan fingerprint density at radius 1 is 1.23 bits per heavy atom.